The molecule has 1 rings (SSSR count). The van der Waals surface area contributed by atoms with E-state index in [1.165, 1.54) is 12.1 Å². The number of anilines is 1. The summed E-state index contributed by atoms with van der Waals surface area (Å²) in [5, 5.41) is 2.71. The minimum Gasteiger partial charge on any atom is -0.321 e. The van der Waals surface area contributed by atoms with Crippen molar-refractivity contribution >= 4 is 11.7 Å². The zero-order valence-corrected chi connectivity index (χ0v) is 11.1. The highest BCUT2D eigenvalue weighted by Gasteiger charge is 2.12. The molecule has 0 aromatic heterocycles. The van der Waals surface area contributed by atoms with E-state index in [2.05, 4.69) is 11.9 Å². The maximum Gasteiger partial charge on any atom is 0.322 e. The number of halogens is 1. The summed E-state index contributed by atoms with van der Waals surface area (Å²) in [5.41, 5.74) is 2.24. The van der Waals surface area contributed by atoms with Gasteiger partial charge in [0, 0.05) is 18.8 Å². The molecular weight excluding hydrogens is 231 g/mol. The molecule has 0 aliphatic rings. The van der Waals surface area contributed by atoms with Crippen LogP contribution in [-0.2, 0) is 0 Å². The van der Waals surface area contributed by atoms with Crippen LogP contribution in [0.15, 0.2) is 30.4 Å². The molecule has 0 fully saturated rings. The highest BCUT2D eigenvalue weighted by molar-refractivity contribution is 5.90. The molecule has 1 aromatic rings. The van der Waals surface area contributed by atoms with Gasteiger partial charge in [-0.3, -0.25) is 0 Å². The lowest BCUT2D eigenvalue weighted by Gasteiger charge is -2.22. The second kappa shape index (κ2) is 6.19. The third-order valence-electron chi connectivity index (χ3n) is 2.57. The van der Waals surface area contributed by atoms with E-state index in [4.69, 9.17) is 0 Å². The fraction of sp³-hybridized carbons (Fsp3) is 0.357. The van der Waals surface area contributed by atoms with Gasteiger partial charge in [0.15, 0.2) is 0 Å². The fourth-order valence-corrected chi connectivity index (χ4v) is 1.58. The summed E-state index contributed by atoms with van der Waals surface area (Å²) in [5.74, 6) is -0.362. The van der Waals surface area contributed by atoms with Crippen molar-refractivity contribution in [2.45, 2.75) is 20.8 Å². The van der Waals surface area contributed by atoms with Gasteiger partial charge in [0.05, 0.1) is 0 Å². The van der Waals surface area contributed by atoms with Gasteiger partial charge in [-0.15, -0.1) is 0 Å². The molecule has 0 radical (unpaired) electrons. The van der Waals surface area contributed by atoms with Crippen molar-refractivity contribution in [3.63, 3.8) is 0 Å². The Hall–Kier alpha value is -1.84. The molecule has 2 amide bonds. The SMILES string of the molecule is C=C(C)CN(CC)C(=O)Nc1cc(F)ccc1C. The van der Waals surface area contributed by atoms with E-state index >= 15 is 0 Å². The maximum atomic E-state index is 13.1. The van der Waals surface area contributed by atoms with Crippen LogP contribution in [0.25, 0.3) is 0 Å². The molecule has 0 atom stereocenters. The maximum absolute atomic E-state index is 13.1. The van der Waals surface area contributed by atoms with Crippen LogP contribution in [0.3, 0.4) is 0 Å². The number of likely N-dealkylation sites (N-methyl/N-ethyl adjacent to an activating group) is 1. The second-order valence-corrected chi connectivity index (χ2v) is 4.36. The van der Waals surface area contributed by atoms with Crippen molar-refractivity contribution in [1.82, 2.24) is 4.90 Å². The monoisotopic (exact) mass is 250 g/mol. The largest absolute Gasteiger partial charge is 0.322 e. The van der Waals surface area contributed by atoms with Gasteiger partial charge in [0.2, 0.25) is 0 Å². The average molecular weight is 250 g/mol. The van der Waals surface area contributed by atoms with Gasteiger partial charge in [-0.05, 0) is 38.5 Å². The predicted molar refractivity (Wildman–Crippen MR) is 72.2 cm³/mol. The average Bonchev–Trinajstić information content (AvgIpc) is 2.30. The van der Waals surface area contributed by atoms with Gasteiger partial charge >= 0.3 is 6.03 Å². The number of urea groups is 1. The van der Waals surface area contributed by atoms with Crippen molar-refractivity contribution in [3.8, 4) is 0 Å². The molecule has 0 saturated heterocycles. The Morgan fingerprint density at radius 3 is 2.72 bits per heavy atom. The van der Waals surface area contributed by atoms with Gasteiger partial charge in [-0.1, -0.05) is 18.2 Å². The molecular formula is C14H19FN2O. The number of amides is 2. The van der Waals surface area contributed by atoms with E-state index in [9.17, 15) is 9.18 Å². The first-order valence-electron chi connectivity index (χ1n) is 5.90. The first-order valence-corrected chi connectivity index (χ1v) is 5.90. The van der Waals surface area contributed by atoms with Crippen molar-refractivity contribution < 1.29 is 9.18 Å². The molecule has 98 valence electrons. The minimum absolute atomic E-state index is 0.241. The number of rotatable bonds is 4. The highest BCUT2D eigenvalue weighted by Crippen LogP contribution is 2.16. The summed E-state index contributed by atoms with van der Waals surface area (Å²) in [6.45, 7) is 10.4. The van der Waals surface area contributed by atoms with Crippen molar-refractivity contribution in [3.05, 3.63) is 41.7 Å². The Balaban J connectivity index is 2.79. The third kappa shape index (κ3) is 3.87. The highest BCUT2D eigenvalue weighted by atomic mass is 19.1. The van der Waals surface area contributed by atoms with E-state index in [1.807, 2.05) is 20.8 Å². The number of aryl methyl sites for hydroxylation is 1. The summed E-state index contributed by atoms with van der Waals surface area (Å²) in [7, 11) is 0. The smallest absolute Gasteiger partial charge is 0.321 e. The zero-order chi connectivity index (χ0) is 13.7. The molecule has 0 aliphatic carbocycles. The van der Waals surface area contributed by atoms with Gasteiger partial charge in [0.25, 0.3) is 0 Å². The van der Waals surface area contributed by atoms with Crippen molar-refractivity contribution in [2.24, 2.45) is 0 Å². The van der Waals surface area contributed by atoms with E-state index in [0.717, 1.165) is 11.1 Å². The Labute approximate surface area is 107 Å². The molecule has 0 heterocycles. The zero-order valence-electron chi connectivity index (χ0n) is 11.1. The Kier molecular flexibility index (Phi) is 4.89. The van der Waals surface area contributed by atoms with Crippen LogP contribution < -0.4 is 5.32 Å². The lowest BCUT2D eigenvalue weighted by atomic mass is 10.2. The Morgan fingerprint density at radius 2 is 2.17 bits per heavy atom. The first kappa shape index (κ1) is 14.2. The van der Waals surface area contributed by atoms with Gasteiger partial charge in [0.1, 0.15) is 5.82 Å². The lowest BCUT2D eigenvalue weighted by Crippen LogP contribution is -2.36. The van der Waals surface area contributed by atoms with Crippen molar-refractivity contribution in [2.75, 3.05) is 18.4 Å². The number of hydrogen-bond acceptors (Lipinski definition) is 1. The van der Waals surface area contributed by atoms with E-state index < -0.39 is 0 Å². The van der Waals surface area contributed by atoms with Crippen LogP contribution in [0, 0.1) is 12.7 Å². The quantitative estimate of drug-likeness (QED) is 0.814. The van der Waals surface area contributed by atoms with E-state index in [-0.39, 0.29) is 11.8 Å². The molecule has 1 aromatic carbocycles. The van der Waals surface area contributed by atoms with Crippen LogP contribution >= 0.6 is 0 Å². The number of carbonyl (C=O) groups is 1. The summed E-state index contributed by atoms with van der Waals surface area (Å²) in [6.07, 6.45) is 0. The summed E-state index contributed by atoms with van der Waals surface area (Å²) < 4.78 is 13.1. The molecule has 0 spiro atoms. The number of benzene rings is 1. The van der Waals surface area contributed by atoms with E-state index in [0.29, 0.717) is 18.8 Å². The van der Waals surface area contributed by atoms with Crippen LogP contribution in [0.4, 0.5) is 14.9 Å². The molecule has 4 heteroatoms. The molecule has 0 saturated carbocycles. The van der Waals surface area contributed by atoms with Gasteiger partial charge < -0.3 is 10.2 Å². The number of nitrogens with one attached hydrogen (secondary N) is 1. The lowest BCUT2D eigenvalue weighted by molar-refractivity contribution is 0.218. The topological polar surface area (TPSA) is 32.3 Å². The predicted octanol–water partition coefficient (Wildman–Crippen LogP) is 3.56. The molecule has 0 bridgehead atoms. The van der Waals surface area contributed by atoms with Crippen molar-refractivity contribution in [1.29, 1.82) is 0 Å². The summed E-state index contributed by atoms with van der Waals surface area (Å²) in [6, 6.07) is 4.09. The number of nitrogens with zero attached hydrogens (tertiary/aromatic N) is 1. The molecule has 18 heavy (non-hydrogen) atoms. The van der Waals surface area contributed by atoms with E-state index in [1.54, 1.807) is 11.0 Å². The van der Waals surface area contributed by atoms with Crippen LogP contribution in [-0.4, -0.2) is 24.0 Å². The fourth-order valence-electron chi connectivity index (χ4n) is 1.58. The van der Waals surface area contributed by atoms with Gasteiger partial charge in [-0.25, -0.2) is 9.18 Å². The van der Waals surface area contributed by atoms with Gasteiger partial charge in [-0.2, -0.15) is 0 Å². The first-order chi connectivity index (χ1) is 8.43. The molecule has 0 aliphatic heterocycles. The number of carbonyl (C=O) groups excluding carboxylic acids is 1. The Bertz CT molecular complexity index is 457. The summed E-state index contributed by atoms with van der Waals surface area (Å²) >= 11 is 0. The van der Waals surface area contributed by atoms with Crippen LogP contribution in [0.2, 0.25) is 0 Å². The Morgan fingerprint density at radius 1 is 1.50 bits per heavy atom. The summed E-state index contributed by atoms with van der Waals surface area (Å²) in [4.78, 5) is 13.6. The minimum atomic E-state index is -0.362. The molecule has 1 N–H and O–H groups in total. The standard InChI is InChI=1S/C14H19FN2O/c1-5-17(9-10(2)3)14(18)16-13-8-12(15)7-6-11(13)4/h6-8H,2,5,9H2,1,3-4H3,(H,16,18). The third-order valence-corrected chi connectivity index (χ3v) is 2.57. The molecule has 0 unspecified atom stereocenters. The van der Waals surface area contributed by atoms with Crippen LogP contribution in [0.5, 0.6) is 0 Å². The number of hydrogen-bond donors (Lipinski definition) is 1. The normalized spacial score (nSPS) is 10.0. The second-order valence-electron chi connectivity index (χ2n) is 4.36. The molecule has 3 nitrogen and oxygen atoms in total. The van der Waals surface area contributed by atoms with Crippen LogP contribution in [0.1, 0.15) is 19.4 Å².